The number of ether oxygens (including phenoxy) is 3. The van der Waals surface area contributed by atoms with Gasteiger partial charge in [-0.3, -0.25) is 9.69 Å². The van der Waals surface area contributed by atoms with Crippen molar-refractivity contribution in [1.82, 2.24) is 10.2 Å². The van der Waals surface area contributed by atoms with E-state index in [0.717, 1.165) is 11.1 Å². The Kier molecular flexibility index (Phi) is 8.88. The van der Waals surface area contributed by atoms with E-state index < -0.39 is 35.7 Å². The van der Waals surface area contributed by atoms with Gasteiger partial charge < -0.3 is 19.5 Å². The Morgan fingerprint density at radius 1 is 1.11 bits per heavy atom. The summed E-state index contributed by atoms with van der Waals surface area (Å²) < 4.78 is 16.5. The summed E-state index contributed by atoms with van der Waals surface area (Å²) in [6, 6.07) is 14.7. The van der Waals surface area contributed by atoms with Gasteiger partial charge in [0, 0.05) is 6.42 Å². The molecule has 0 radical (unpaired) electrons. The molecule has 1 aliphatic heterocycles. The highest BCUT2D eigenvalue weighted by molar-refractivity contribution is 5.90. The van der Waals surface area contributed by atoms with Gasteiger partial charge in [0.2, 0.25) is 5.91 Å². The Hall–Kier alpha value is -3.65. The molecule has 1 fully saturated rings. The van der Waals surface area contributed by atoms with Crippen LogP contribution in [0.1, 0.15) is 49.9 Å². The molecular formula is C28H34N2O6. The summed E-state index contributed by atoms with van der Waals surface area (Å²) in [4.78, 5) is 40.2. The summed E-state index contributed by atoms with van der Waals surface area (Å²) in [5.41, 5.74) is 1.82. The van der Waals surface area contributed by atoms with Crippen molar-refractivity contribution in [2.45, 2.75) is 57.6 Å². The Morgan fingerprint density at radius 2 is 1.78 bits per heavy atom. The van der Waals surface area contributed by atoms with Crippen molar-refractivity contribution in [3.8, 4) is 0 Å². The van der Waals surface area contributed by atoms with E-state index >= 15 is 0 Å². The Balaban J connectivity index is 1.76. The quantitative estimate of drug-likeness (QED) is 0.552. The number of methoxy groups -OCH3 is 1. The molecule has 0 aromatic heterocycles. The van der Waals surface area contributed by atoms with Crippen LogP contribution < -0.4 is 5.32 Å². The summed E-state index contributed by atoms with van der Waals surface area (Å²) in [6.45, 7) is 9.56. The van der Waals surface area contributed by atoms with E-state index in [1.165, 1.54) is 12.0 Å². The second-order valence-electron chi connectivity index (χ2n) is 9.64. The Bertz CT molecular complexity index is 1060. The molecule has 2 aromatic carbocycles. The largest absolute Gasteiger partial charge is 0.467 e. The Morgan fingerprint density at radius 3 is 2.36 bits per heavy atom. The minimum absolute atomic E-state index is 0.186. The van der Waals surface area contributed by atoms with E-state index in [0.29, 0.717) is 12.2 Å². The number of esters is 1. The number of likely N-dealkylation sites (tertiary alicyclic amines) is 1. The molecule has 192 valence electrons. The zero-order chi connectivity index (χ0) is 26.3. The predicted molar refractivity (Wildman–Crippen MR) is 136 cm³/mol. The van der Waals surface area contributed by atoms with Gasteiger partial charge >= 0.3 is 12.1 Å². The van der Waals surface area contributed by atoms with Gasteiger partial charge in [-0.2, -0.15) is 0 Å². The standard InChI is InChI=1S/C28H34N2O6/c1-6-19-12-14-20(15-13-19)18-35-22-16-23(30(17-22)27(33)36-28(2,3)4)25(31)29-24(26(32)34-5)21-10-8-7-9-11-21/h6-15,22-24H,1,16-18H2,2-5H3,(H,29,31)/t22-,23+,24+/m1/s1. The molecule has 1 N–H and O–H groups in total. The highest BCUT2D eigenvalue weighted by atomic mass is 16.6. The van der Waals surface area contributed by atoms with E-state index in [9.17, 15) is 14.4 Å². The van der Waals surface area contributed by atoms with E-state index in [2.05, 4.69) is 11.9 Å². The molecule has 0 unspecified atom stereocenters. The first-order valence-electron chi connectivity index (χ1n) is 11.9. The minimum atomic E-state index is -1.01. The maximum absolute atomic E-state index is 13.4. The maximum atomic E-state index is 13.4. The fraction of sp³-hybridized carbons (Fsp3) is 0.393. The third-order valence-electron chi connectivity index (χ3n) is 5.75. The smallest absolute Gasteiger partial charge is 0.411 e. The number of amides is 2. The van der Waals surface area contributed by atoms with Crippen molar-refractivity contribution in [3.63, 3.8) is 0 Å². The number of carbonyl (C=O) groups is 3. The summed E-state index contributed by atoms with van der Waals surface area (Å²) in [5, 5.41) is 2.75. The van der Waals surface area contributed by atoms with Crippen LogP contribution in [0, 0.1) is 0 Å². The topological polar surface area (TPSA) is 94.2 Å². The van der Waals surface area contributed by atoms with Crippen LogP contribution in [-0.4, -0.2) is 54.3 Å². The molecule has 2 amide bonds. The number of nitrogens with zero attached hydrogens (tertiary/aromatic N) is 1. The van der Waals surface area contributed by atoms with E-state index in [1.807, 2.05) is 30.3 Å². The van der Waals surface area contributed by atoms with Crippen LogP contribution in [-0.2, 0) is 30.4 Å². The lowest BCUT2D eigenvalue weighted by molar-refractivity contribution is -0.145. The van der Waals surface area contributed by atoms with Gasteiger partial charge in [-0.15, -0.1) is 0 Å². The van der Waals surface area contributed by atoms with Gasteiger partial charge in [-0.25, -0.2) is 9.59 Å². The number of benzene rings is 2. The van der Waals surface area contributed by atoms with E-state index in [4.69, 9.17) is 14.2 Å². The first kappa shape index (κ1) is 26.9. The maximum Gasteiger partial charge on any atom is 0.411 e. The molecule has 1 heterocycles. The van der Waals surface area contributed by atoms with Gasteiger partial charge in [0.25, 0.3) is 0 Å². The normalized spacial score (nSPS) is 18.3. The zero-order valence-electron chi connectivity index (χ0n) is 21.2. The molecule has 1 aliphatic rings. The fourth-order valence-corrected chi connectivity index (χ4v) is 3.93. The lowest BCUT2D eigenvalue weighted by atomic mass is 10.1. The zero-order valence-corrected chi connectivity index (χ0v) is 21.2. The number of hydrogen-bond donors (Lipinski definition) is 1. The Labute approximate surface area is 212 Å². The summed E-state index contributed by atoms with van der Waals surface area (Å²) in [5.74, 6) is -1.09. The van der Waals surface area contributed by atoms with Crippen molar-refractivity contribution >= 4 is 24.0 Å². The highest BCUT2D eigenvalue weighted by Gasteiger charge is 2.43. The minimum Gasteiger partial charge on any atom is -0.467 e. The first-order valence-corrected chi connectivity index (χ1v) is 11.9. The molecule has 0 spiro atoms. The van der Waals surface area contributed by atoms with Crippen LogP contribution in [0.25, 0.3) is 6.08 Å². The van der Waals surface area contributed by atoms with E-state index in [1.54, 1.807) is 51.1 Å². The summed E-state index contributed by atoms with van der Waals surface area (Å²) >= 11 is 0. The van der Waals surface area contributed by atoms with Crippen LogP contribution >= 0.6 is 0 Å². The molecule has 36 heavy (non-hydrogen) atoms. The van der Waals surface area contributed by atoms with Gasteiger partial charge in [-0.1, -0.05) is 67.3 Å². The van der Waals surface area contributed by atoms with Crippen LogP contribution in [0.2, 0.25) is 0 Å². The van der Waals surface area contributed by atoms with Crippen molar-refractivity contribution in [2.24, 2.45) is 0 Å². The number of hydrogen-bond acceptors (Lipinski definition) is 6. The number of rotatable bonds is 8. The lowest BCUT2D eigenvalue weighted by Gasteiger charge is -2.28. The van der Waals surface area contributed by atoms with Crippen LogP contribution in [0.5, 0.6) is 0 Å². The average molecular weight is 495 g/mol. The molecule has 0 bridgehead atoms. The second-order valence-corrected chi connectivity index (χ2v) is 9.64. The van der Waals surface area contributed by atoms with Crippen molar-refractivity contribution < 1.29 is 28.6 Å². The predicted octanol–water partition coefficient (Wildman–Crippen LogP) is 4.25. The third kappa shape index (κ3) is 7.18. The molecule has 8 nitrogen and oxygen atoms in total. The molecule has 0 saturated carbocycles. The average Bonchev–Trinajstić information content (AvgIpc) is 3.30. The van der Waals surface area contributed by atoms with Crippen LogP contribution in [0.4, 0.5) is 4.79 Å². The molecular weight excluding hydrogens is 460 g/mol. The molecule has 8 heteroatoms. The number of nitrogens with one attached hydrogen (secondary N) is 1. The van der Waals surface area contributed by atoms with Gasteiger partial charge in [0.15, 0.2) is 6.04 Å². The van der Waals surface area contributed by atoms with Gasteiger partial charge in [-0.05, 0) is 37.5 Å². The summed E-state index contributed by atoms with van der Waals surface area (Å²) in [6.07, 6.45) is 1.03. The SMILES string of the molecule is C=Cc1ccc(CO[C@@H]2C[C@@H](C(=O)N[C@H](C(=O)OC)c3ccccc3)N(C(=O)OC(C)(C)C)C2)cc1. The van der Waals surface area contributed by atoms with Crippen LogP contribution in [0.3, 0.4) is 0 Å². The number of carbonyl (C=O) groups excluding carboxylic acids is 3. The van der Waals surface area contributed by atoms with Crippen molar-refractivity contribution in [2.75, 3.05) is 13.7 Å². The van der Waals surface area contributed by atoms with Crippen molar-refractivity contribution in [3.05, 3.63) is 77.9 Å². The fourth-order valence-electron chi connectivity index (χ4n) is 3.93. The third-order valence-corrected chi connectivity index (χ3v) is 5.75. The summed E-state index contributed by atoms with van der Waals surface area (Å²) in [7, 11) is 1.26. The van der Waals surface area contributed by atoms with Crippen LogP contribution in [0.15, 0.2) is 61.2 Å². The lowest BCUT2D eigenvalue weighted by Crippen LogP contribution is -2.49. The monoisotopic (exact) mass is 494 g/mol. The molecule has 3 atom stereocenters. The molecule has 2 aromatic rings. The first-order chi connectivity index (χ1) is 17.1. The molecule has 1 saturated heterocycles. The van der Waals surface area contributed by atoms with Gasteiger partial charge in [0.1, 0.15) is 11.6 Å². The van der Waals surface area contributed by atoms with E-state index in [-0.39, 0.29) is 19.1 Å². The van der Waals surface area contributed by atoms with Gasteiger partial charge in [0.05, 0.1) is 26.4 Å². The second kappa shape index (κ2) is 11.9. The molecule has 0 aliphatic carbocycles. The van der Waals surface area contributed by atoms with Crippen molar-refractivity contribution in [1.29, 1.82) is 0 Å². The molecule has 3 rings (SSSR count). The highest BCUT2D eigenvalue weighted by Crippen LogP contribution is 2.26.